The van der Waals surface area contributed by atoms with E-state index in [1.807, 2.05) is 0 Å². The molecule has 20 heavy (non-hydrogen) atoms. The summed E-state index contributed by atoms with van der Waals surface area (Å²) in [6.07, 6.45) is 3.49. The molecule has 1 aliphatic rings. The van der Waals surface area contributed by atoms with Crippen LogP contribution in [0, 0.1) is 5.82 Å². The average molecular weight is 281 g/mol. The summed E-state index contributed by atoms with van der Waals surface area (Å²) in [5, 5.41) is 14.6. The minimum absolute atomic E-state index is 0.117. The highest BCUT2D eigenvalue weighted by atomic mass is 19.1. The third-order valence-electron chi connectivity index (χ3n) is 3.44. The van der Waals surface area contributed by atoms with Crippen LogP contribution in [0.1, 0.15) is 30.4 Å². The van der Waals surface area contributed by atoms with Crippen molar-refractivity contribution in [2.24, 2.45) is 10.9 Å². The van der Waals surface area contributed by atoms with E-state index in [1.165, 1.54) is 6.07 Å². The number of hydrogen-bond acceptors (Lipinski definition) is 4. The van der Waals surface area contributed by atoms with Crippen LogP contribution >= 0.6 is 0 Å². The maximum atomic E-state index is 14.1. The molecule has 1 unspecified atom stereocenters. The van der Waals surface area contributed by atoms with Gasteiger partial charge in [-0.15, -0.1) is 0 Å². The van der Waals surface area contributed by atoms with E-state index in [4.69, 9.17) is 15.7 Å². The Labute approximate surface area is 117 Å². The lowest BCUT2D eigenvalue weighted by molar-refractivity contribution is 0.104. The van der Waals surface area contributed by atoms with Crippen LogP contribution in [0.3, 0.4) is 0 Å². The van der Waals surface area contributed by atoms with Crippen LogP contribution in [0.2, 0.25) is 0 Å². The molecular formula is C14H20FN3O2. The first-order chi connectivity index (χ1) is 9.72. The molecule has 1 aliphatic heterocycles. The van der Waals surface area contributed by atoms with E-state index in [1.54, 1.807) is 12.1 Å². The Kier molecular flexibility index (Phi) is 5.31. The zero-order valence-corrected chi connectivity index (χ0v) is 11.3. The topological polar surface area (TPSA) is 79.9 Å². The molecule has 5 nitrogen and oxygen atoms in total. The van der Waals surface area contributed by atoms with Gasteiger partial charge in [-0.1, -0.05) is 17.3 Å². The fourth-order valence-electron chi connectivity index (χ4n) is 2.33. The maximum absolute atomic E-state index is 14.1. The van der Waals surface area contributed by atoms with Gasteiger partial charge in [0, 0.05) is 18.7 Å². The second kappa shape index (κ2) is 7.21. The van der Waals surface area contributed by atoms with Crippen molar-refractivity contribution in [3.05, 3.63) is 35.1 Å². The van der Waals surface area contributed by atoms with Crippen LogP contribution in [0.25, 0.3) is 0 Å². The lowest BCUT2D eigenvalue weighted by Gasteiger charge is -2.11. The normalized spacial score (nSPS) is 19.4. The van der Waals surface area contributed by atoms with E-state index >= 15 is 0 Å². The second-order valence-electron chi connectivity index (χ2n) is 4.86. The van der Waals surface area contributed by atoms with Gasteiger partial charge in [-0.2, -0.15) is 0 Å². The molecule has 4 N–H and O–H groups in total. The number of nitrogens with zero attached hydrogens (tertiary/aromatic N) is 1. The SMILES string of the molecule is N/C(=N/O)c1cccc(CNCCC2CCCO2)c1F. The molecule has 1 atom stereocenters. The quantitative estimate of drug-likeness (QED) is 0.243. The van der Waals surface area contributed by atoms with Crippen molar-refractivity contribution in [2.45, 2.75) is 31.9 Å². The number of ether oxygens (including phenoxy) is 1. The smallest absolute Gasteiger partial charge is 0.173 e. The Hall–Kier alpha value is -1.66. The van der Waals surface area contributed by atoms with Crippen LogP contribution in [0.15, 0.2) is 23.4 Å². The van der Waals surface area contributed by atoms with Gasteiger partial charge >= 0.3 is 0 Å². The van der Waals surface area contributed by atoms with E-state index in [0.717, 1.165) is 32.4 Å². The maximum Gasteiger partial charge on any atom is 0.173 e. The number of rotatable bonds is 6. The van der Waals surface area contributed by atoms with Crippen molar-refractivity contribution in [2.75, 3.05) is 13.2 Å². The first kappa shape index (κ1) is 14.7. The third kappa shape index (κ3) is 3.68. The molecule has 1 heterocycles. The Bertz CT molecular complexity index is 473. The van der Waals surface area contributed by atoms with Gasteiger partial charge in [0.05, 0.1) is 11.7 Å². The standard InChI is InChI=1S/C14H20FN3O2/c15-13-10(3-1-5-12(13)14(16)18-19)9-17-7-6-11-4-2-8-20-11/h1,3,5,11,17,19H,2,4,6-9H2,(H2,16,18). The molecule has 1 saturated heterocycles. The van der Waals surface area contributed by atoms with Crippen LogP contribution in [0.4, 0.5) is 4.39 Å². The molecule has 0 saturated carbocycles. The van der Waals surface area contributed by atoms with Gasteiger partial charge in [-0.25, -0.2) is 4.39 Å². The van der Waals surface area contributed by atoms with Crippen LogP contribution < -0.4 is 11.1 Å². The molecule has 6 heteroatoms. The Morgan fingerprint density at radius 2 is 2.40 bits per heavy atom. The van der Waals surface area contributed by atoms with Crippen molar-refractivity contribution < 1.29 is 14.3 Å². The number of hydrogen-bond donors (Lipinski definition) is 3. The second-order valence-corrected chi connectivity index (χ2v) is 4.86. The molecule has 0 spiro atoms. The first-order valence-electron chi connectivity index (χ1n) is 6.80. The Morgan fingerprint density at radius 3 is 3.10 bits per heavy atom. The summed E-state index contributed by atoms with van der Waals surface area (Å²) < 4.78 is 19.6. The molecule has 0 bridgehead atoms. The van der Waals surface area contributed by atoms with E-state index in [0.29, 0.717) is 18.2 Å². The lowest BCUT2D eigenvalue weighted by Crippen LogP contribution is -2.21. The summed E-state index contributed by atoms with van der Waals surface area (Å²) in [6, 6.07) is 4.86. The molecule has 0 radical (unpaired) electrons. The van der Waals surface area contributed by atoms with Crippen molar-refractivity contribution in [1.29, 1.82) is 0 Å². The van der Waals surface area contributed by atoms with Crippen LogP contribution in [0.5, 0.6) is 0 Å². The van der Waals surface area contributed by atoms with Crippen molar-refractivity contribution in [3.8, 4) is 0 Å². The zero-order chi connectivity index (χ0) is 14.4. The van der Waals surface area contributed by atoms with E-state index in [-0.39, 0.29) is 11.4 Å². The zero-order valence-electron chi connectivity index (χ0n) is 11.3. The summed E-state index contributed by atoms with van der Waals surface area (Å²) in [6.45, 7) is 2.03. The minimum Gasteiger partial charge on any atom is -0.409 e. The summed E-state index contributed by atoms with van der Waals surface area (Å²) >= 11 is 0. The molecule has 1 aromatic rings. The van der Waals surface area contributed by atoms with Gasteiger partial charge in [0.15, 0.2) is 5.84 Å². The molecule has 0 aliphatic carbocycles. The monoisotopic (exact) mass is 281 g/mol. The van der Waals surface area contributed by atoms with Gasteiger partial charge in [-0.3, -0.25) is 0 Å². The van der Waals surface area contributed by atoms with Gasteiger partial charge in [-0.05, 0) is 31.9 Å². The number of nitrogens with one attached hydrogen (secondary N) is 1. The van der Waals surface area contributed by atoms with E-state index in [2.05, 4.69) is 10.5 Å². The fourth-order valence-corrected chi connectivity index (χ4v) is 2.33. The predicted molar refractivity (Wildman–Crippen MR) is 74.2 cm³/mol. The summed E-state index contributed by atoms with van der Waals surface area (Å²) in [5.41, 5.74) is 6.04. The number of benzene rings is 1. The lowest BCUT2D eigenvalue weighted by atomic mass is 10.1. The van der Waals surface area contributed by atoms with Gasteiger partial charge < -0.3 is 21.0 Å². The Balaban J connectivity index is 1.86. The van der Waals surface area contributed by atoms with Gasteiger partial charge in [0.1, 0.15) is 5.82 Å². The molecule has 110 valence electrons. The highest BCUT2D eigenvalue weighted by Crippen LogP contribution is 2.15. The molecule has 1 fully saturated rings. The van der Waals surface area contributed by atoms with E-state index in [9.17, 15) is 4.39 Å². The molecule has 2 rings (SSSR count). The summed E-state index contributed by atoms with van der Waals surface area (Å²) in [4.78, 5) is 0. The molecule has 0 amide bonds. The van der Waals surface area contributed by atoms with Crippen molar-refractivity contribution >= 4 is 5.84 Å². The average Bonchev–Trinajstić information content (AvgIpc) is 2.97. The van der Waals surface area contributed by atoms with Crippen LogP contribution in [-0.4, -0.2) is 30.3 Å². The fraction of sp³-hybridized carbons (Fsp3) is 0.500. The van der Waals surface area contributed by atoms with E-state index < -0.39 is 5.82 Å². The van der Waals surface area contributed by atoms with Crippen molar-refractivity contribution in [3.63, 3.8) is 0 Å². The Morgan fingerprint density at radius 1 is 1.55 bits per heavy atom. The number of amidine groups is 1. The van der Waals surface area contributed by atoms with Gasteiger partial charge in [0.2, 0.25) is 0 Å². The number of nitrogens with two attached hydrogens (primary N) is 1. The van der Waals surface area contributed by atoms with Crippen LogP contribution in [-0.2, 0) is 11.3 Å². The summed E-state index contributed by atoms with van der Waals surface area (Å²) in [5.74, 6) is -0.670. The predicted octanol–water partition coefficient (Wildman–Crippen LogP) is 1.58. The number of halogens is 1. The largest absolute Gasteiger partial charge is 0.409 e. The van der Waals surface area contributed by atoms with Crippen molar-refractivity contribution in [1.82, 2.24) is 5.32 Å². The first-order valence-corrected chi connectivity index (χ1v) is 6.80. The summed E-state index contributed by atoms with van der Waals surface area (Å²) in [7, 11) is 0. The molecule has 1 aromatic carbocycles. The van der Waals surface area contributed by atoms with Gasteiger partial charge in [0.25, 0.3) is 0 Å². The highest BCUT2D eigenvalue weighted by Gasteiger charge is 2.15. The number of oxime groups is 1. The molecular weight excluding hydrogens is 261 g/mol. The highest BCUT2D eigenvalue weighted by molar-refractivity contribution is 5.97. The third-order valence-corrected chi connectivity index (χ3v) is 3.44. The molecule has 0 aromatic heterocycles. The minimum atomic E-state index is -0.451.